The second-order valence-corrected chi connectivity index (χ2v) is 8.96. The maximum atomic E-state index is 13.2. The number of carbonyl (C=O) groups excluding carboxylic acids is 1. The molecule has 4 aromatic heterocycles. The van der Waals surface area contributed by atoms with Gasteiger partial charge in [0.15, 0.2) is 5.69 Å². The number of nitrogens with one attached hydrogen (secondary N) is 1. The van der Waals surface area contributed by atoms with Gasteiger partial charge in [-0.1, -0.05) is 0 Å². The number of hydrogen-bond acceptors (Lipinski definition) is 5. The summed E-state index contributed by atoms with van der Waals surface area (Å²) >= 11 is 0.961. The van der Waals surface area contributed by atoms with Crippen LogP contribution in [-0.2, 0) is 19.8 Å². The Morgan fingerprint density at radius 1 is 1.11 bits per heavy atom. The summed E-state index contributed by atoms with van der Waals surface area (Å²) in [5.74, 6) is -0.489. The largest absolute Gasteiger partial charge is 0.435 e. The van der Waals surface area contributed by atoms with Crippen LogP contribution in [0.15, 0.2) is 48.8 Å². The van der Waals surface area contributed by atoms with E-state index >= 15 is 0 Å². The van der Waals surface area contributed by atoms with E-state index in [1.54, 1.807) is 28.9 Å². The summed E-state index contributed by atoms with van der Waals surface area (Å²) in [7, 11) is 1.42. The van der Waals surface area contributed by atoms with Crippen molar-refractivity contribution in [2.75, 3.05) is 5.32 Å². The van der Waals surface area contributed by atoms with Gasteiger partial charge in [-0.3, -0.25) is 14.2 Å². The van der Waals surface area contributed by atoms with Crippen molar-refractivity contribution >= 4 is 33.1 Å². The van der Waals surface area contributed by atoms with Gasteiger partial charge >= 0.3 is 6.18 Å². The molecule has 180 valence electrons. The number of halogens is 3. The number of anilines is 1. The molecule has 0 spiro atoms. The van der Waals surface area contributed by atoms with Gasteiger partial charge in [0.1, 0.15) is 4.83 Å². The van der Waals surface area contributed by atoms with Gasteiger partial charge in [0.25, 0.3) is 5.91 Å². The summed E-state index contributed by atoms with van der Waals surface area (Å²) < 4.78 is 44.4. The monoisotopic (exact) mass is 499 g/mol. The van der Waals surface area contributed by atoms with Crippen molar-refractivity contribution in [1.82, 2.24) is 29.3 Å². The van der Waals surface area contributed by atoms with Gasteiger partial charge in [0.2, 0.25) is 0 Å². The fourth-order valence-corrected chi connectivity index (χ4v) is 4.76. The summed E-state index contributed by atoms with van der Waals surface area (Å²) in [6.07, 6.45) is -0.788. The molecule has 0 radical (unpaired) electrons. The Kier molecular flexibility index (Phi) is 5.47. The highest BCUT2D eigenvalue weighted by atomic mass is 32.1. The zero-order valence-corrected chi connectivity index (χ0v) is 19.8. The Hall–Kier alpha value is -3.93. The highest BCUT2D eigenvalue weighted by Crippen LogP contribution is 2.37. The lowest BCUT2D eigenvalue weighted by molar-refractivity contribution is -0.140. The van der Waals surface area contributed by atoms with E-state index in [0.717, 1.165) is 45.2 Å². The van der Waals surface area contributed by atoms with Gasteiger partial charge in [-0.25, -0.2) is 4.68 Å². The average molecular weight is 500 g/mol. The molecule has 5 aromatic rings. The Balaban J connectivity index is 1.33. The van der Waals surface area contributed by atoms with Crippen molar-refractivity contribution in [3.63, 3.8) is 0 Å². The van der Waals surface area contributed by atoms with Crippen LogP contribution in [0.4, 0.5) is 18.9 Å². The lowest BCUT2D eigenvalue weighted by Gasteiger charge is -2.06. The minimum Gasteiger partial charge on any atom is -0.321 e. The molecule has 0 unspecified atom stereocenters. The second kappa shape index (κ2) is 8.38. The van der Waals surface area contributed by atoms with Crippen LogP contribution in [0, 0.1) is 6.92 Å². The Bertz CT molecular complexity index is 1540. The predicted molar refractivity (Wildman–Crippen MR) is 127 cm³/mol. The van der Waals surface area contributed by atoms with Gasteiger partial charge in [-0.2, -0.15) is 28.5 Å². The summed E-state index contributed by atoms with van der Waals surface area (Å²) in [6, 6.07) is 10.2. The number of benzene rings is 1. The average Bonchev–Trinajstić information content (AvgIpc) is 3.58. The predicted octanol–water partition coefficient (Wildman–Crippen LogP) is 5.28. The molecule has 0 bridgehead atoms. The van der Waals surface area contributed by atoms with E-state index in [-0.39, 0.29) is 15.1 Å². The maximum Gasteiger partial charge on any atom is 0.435 e. The van der Waals surface area contributed by atoms with Crippen molar-refractivity contribution in [3.05, 3.63) is 65.1 Å². The molecule has 4 heterocycles. The number of fused-ring (bicyclic) bond motifs is 1. The number of aryl methyl sites for hydroxylation is 3. The molecule has 35 heavy (non-hydrogen) atoms. The fraction of sp³-hybridized carbons (Fsp3) is 0.217. The third kappa shape index (κ3) is 4.20. The molecule has 8 nitrogen and oxygen atoms in total. The smallest absolute Gasteiger partial charge is 0.321 e. The molecule has 0 atom stereocenters. The highest BCUT2D eigenvalue weighted by molar-refractivity contribution is 7.20. The van der Waals surface area contributed by atoms with Gasteiger partial charge in [-0.05, 0) is 50.2 Å². The van der Waals surface area contributed by atoms with Crippen LogP contribution in [-0.4, -0.2) is 35.2 Å². The molecule has 0 aliphatic heterocycles. The van der Waals surface area contributed by atoms with Gasteiger partial charge in [0.05, 0.1) is 22.0 Å². The number of thiophene rings is 1. The number of hydrogen-bond donors (Lipinski definition) is 1. The molecular weight excluding hydrogens is 479 g/mol. The van der Waals surface area contributed by atoms with Crippen molar-refractivity contribution in [2.24, 2.45) is 7.05 Å². The first-order chi connectivity index (χ1) is 16.6. The van der Waals surface area contributed by atoms with E-state index in [2.05, 4.69) is 20.6 Å². The van der Waals surface area contributed by atoms with Crippen LogP contribution < -0.4 is 5.32 Å². The first kappa shape index (κ1) is 22.8. The van der Waals surface area contributed by atoms with Crippen LogP contribution >= 0.6 is 11.3 Å². The molecule has 1 amide bonds. The van der Waals surface area contributed by atoms with E-state index in [4.69, 9.17) is 0 Å². The van der Waals surface area contributed by atoms with E-state index in [1.165, 1.54) is 13.1 Å². The molecule has 5 rings (SSSR count). The highest BCUT2D eigenvalue weighted by Gasteiger charge is 2.37. The van der Waals surface area contributed by atoms with Crippen molar-refractivity contribution < 1.29 is 18.0 Å². The molecular formula is C23H20F3N7OS. The standard InChI is InChI=1S/C23H20F3N7OS/c1-4-32-12-17(13(2)28-32)18-9-10-33(29-18)15-7-5-14(6-8-15)27-21(34)19-11-16-20(23(24,25)26)30-31(3)22(16)35-19/h5-12H,4H2,1-3H3,(H,27,34). The summed E-state index contributed by atoms with van der Waals surface area (Å²) in [4.78, 5) is 13.1. The molecule has 0 aliphatic carbocycles. The molecule has 0 saturated heterocycles. The third-order valence-corrected chi connectivity index (χ3v) is 6.73. The van der Waals surface area contributed by atoms with Crippen LogP contribution in [0.3, 0.4) is 0 Å². The van der Waals surface area contributed by atoms with Crippen LogP contribution in [0.25, 0.3) is 27.2 Å². The van der Waals surface area contributed by atoms with Crippen LogP contribution in [0.2, 0.25) is 0 Å². The number of aromatic nitrogens is 6. The van der Waals surface area contributed by atoms with Gasteiger partial charge < -0.3 is 5.32 Å². The zero-order chi connectivity index (χ0) is 24.9. The van der Waals surface area contributed by atoms with Gasteiger partial charge in [-0.15, -0.1) is 11.3 Å². The first-order valence-corrected chi connectivity index (χ1v) is 11.5. The number of amides is 1. The molecule has 1 N–H and O–H groups in total. The molecule has 0 aliphatic rings. The minimum absolute atomic E-state index is 0.0836. The van der Waals surface area contributed by atoms with E-state index in [9.17, 15) is 18.0 Å². The first-order valence-electron chi connectivity index (χ1n) is 10.7. The number of carbonyl (C=O) groups is 1. The normalized spacial score (nSPS) is 11.9. The topological polar surface area (TPSA) is 82.6 Å². The summed E-state index contributed by atoms with van der Waals surface area (Å²) in [5.41, 5.74) is 2.97. The van der Waals surface area contributed by atoms with Crippen molar-refractivity contribution in [2.45, 2.75) is 26.6 Å². The molecule has 1 aromatic carbocycles. The maximum absolute atomic E-state index is 13.2. The number of nitrogens with zero attached hydrogens (tertiary/aromatic N) is 6. The SMILES string of the molecule is CCn1cc(-c2ccn(-c3ccc(NC(=O)c4cc5c(C(F)(F)F)nn(C)c5s4)cc3)n2)c(C)n1. The quantitative estimate of drug-likeness (QED) is 0.357. The number of rotatable bonds is 5. The van der Waals surface area contributed by atoms with Gasteiger partial charge in [0, 0.05) is 42.6 Å². The third-order valence-electron chi connectivity index (χ3n) is 5.53. The number of alkyl halides is 3. The zero-order valence-electron chi connectivity index (χ0n) is 19.0. The summed E-state index contributed by atoms with van der Waals surface area (Å²) in [5, 5.41) is 15.3. The molecule has 0 saturated carbocycles. The van der Waals surface area contributed by atoms with Crippen molar-refractivity contribution in [3.8, 4) is 16.9 Å². The lowest BCUT2D eigenvalue weighted by atomic mass is 10.2. The van der Waals surface area contributed by atoms with E-state index in [1.807, 2.05) is 37.0 Å². The Morgan fingerprint density at radius 3 is 2.51 bits per heavy atom. The molecule has 0 fully saturated rings. The Morgan fingerprint density at radius 2 is 1.86 bits per heavy atom. The Labute approximate surface area is 201 Å². The van der Waals surface area contributed by atoms with E-state index < -0.39 is 17.8 Å². The lowest BCUT2D eigenvalue weighted by Crippen LogP contribution is -2.11. The molecule has 12 heteroatoms. The fourth-order valence-electron chi connectivity index (χ4n) is 3.79. The summed E-state index contributed by atoms with van der Waals surface area (Å²) in [6.45, 7) is 4.73. The van der Waals surface area contributed by atoms with Crippen LogP contribution in [0.1, 0.15) is 28.0 Å². The van der Waals surface area contributed by atoms with Crippen LogP contribution in [0.5, 0.6) is 0 Å². The van der Waals surface area contributed by atoms with Crippen molar-refractivity contribution in [1.29, 1.82) is 0 Å². The van der Waals surface area contributed by atoms with E-state index in [0.29, 0.717) is 5.69 Å². The second-order valence-electron chi connectivity index (χ2n) is 7.93. The minimum atomic E-state index is -4.59.